The van der Waals surface area contributed by atoms with Crippen molar-refractivity contribution in [2.45, 2.75) is 6.92 Å². The molecule has 0 bridgehead atoms. The maximum atomic E-state index is 11.9. The van der Waals surface area contributed by atoms with Crippen molar-refractivity contribution in [2.75, 3.05) is 5.32 Å². The van der Waals surface area contributed by atoms with Gasteiger partial charge in [-0.3, -0.25) is 4.79 Å². The zero-order valence-corrected chi connectivity index (χ0v) is 12.1. The van der Waals surface area contributed by atoms with Gasteiger partial charge in [0, 0.05) is 16.1 Å². The number of halogens is 2. The van der Waals surface area contributed by atoms with E-state index in [4.69, 9.17) is 11.6 Å². The lowest BCUT2D eigenvalue weighted by molar-refractivity contribution is 0.102. The summed E-state index contributed by atoms with van der Waals surface area (Å²) >= 11 is 10.7. The minimum atomic E-state index is -0.114. The molecule has 0 atom stereocenters. The van der Waals surface area contributed by atoms with Crippen LogP contribution in [0.15, 0.2) is 33.4 Å². The van der Waals surface area contributed by atoms with Crippen LogP contribution in [0.5, 0.6) is 0 Å². The van der Waals surface area contributed by atoms with Gasteiger partial charge in [0.1, 0.15) is 0 Å². The van der Waals surface area contributed by atoms with Crippen LogP contribution in [0.4, 0.5) is 5.69 Å². The summed E-state index contributed by atoms with van der Waals surface area (Å²) in [5, 5.41) is 5.33. The van der Waals surface area contributed by atoms with Gasteiger partial charge < -0.3 is 5.32 Å². The summed E-state index contributed by atoms with van der Waals surface area (Å²) in [4.78, 5) is 11.9. The molecular formula is C12H9BrClNOS. The summed E-state index contributed by atoms with van der Waals surface area (Å²) in [5.41, 5.74) is 2.37. The van der Waals surface area contributed by atoms with Crippen molar-refractivity contribution in [3.63, 3.8) is 0 Å². The van der Waals surface area contributed by atoms with Gasteiger partial charge in [-0.15, -0.1) is 11.3 Å². The van der Waals surface area contributed by atoms with E-state index in [0.717, 1.165) is 15.0 Å². The van der Waals surface area contributed by atoms with Crippen molar-refractivity contribution in [3.8, 4) is 0 Å². The first-order valence-electron chi connectivity index (χ1n) is 4.88. The Balaban J connectivity index is 2.18. The van der Waals surface area contributed by atoms with Gasteiger partial charge in [0.15, 0.2) is 0 Å². The van der Waals surface area contributed by atoms with E-state index >= 15 is 0 Å². The number of thiophene rings is 1. The maximum Gasteiger partial charge on any atom is 0.256 e. The van der Waals surface area contributed by atoms with Gasteiger partial charge in [-0.1, -0.05) is 11.6 Å². The molecule has 0 spiro atoms. The molecular weight excluding hydrogens is 322 g/mol. The van der Waals surface area contributed by atoms with Gasteiger partial charge in [-0.2, -0.15) is 0 Å². The highest BCUT2D eigenvalue weighted by Gasteiger charge is 2.09. The number of hydrogen-bond acceptors (Lipinski definition) is 2. The molecule has 0 aliphatic carbocycles. The fourth-order valence-corrected chi connectivity index (χ4v) is 2.75. The topological polar surface area (TPSA) is 29.1 Å². The van der Waals surface area contributed by atoms with Gasteiger partial charge in [-0.05, 0) is 52.7 Å². The second-order valence-corrected chi connectivity index (χ2v) is 6.28. The molecule has 0 saturated carbocycles. The second-order valence-electron chi connectivity index (χ2n) is 3.55. The molecule has 0 radical (unpaired) electrons. The second kappa shape index (κ2) is 5.21. The Hall–Kier alpha value is -0.840. The third-order valence-electron chi connectivity index (χ3n) is 2.27. The average Bonchev–Trinajstić information content (AvgIpc) is 2.69. The molecule has 1 amide bonds. The van der Waals surface area contributed by atoms with E-state index in [1.54, 1.807) is 18.2 Å². The lowest BCUT2D eigenvalue weighted by atomic mass is 10.2. The number of rotatable bonds is 2. The molecule has 1 N–H and O–H groups in total. The smallest absolute Gasteiger partial charge is 0.256 e. The third kappa shape index (κ3) is 3.09. The first kappa shape index (κ1) is 12.6. The molecule has 0 fully saturated rings. The monoisotopic (exact) mass is 329 g/mol. The van der Waals surface area contributed by atoms with Crippen LogP contribution in [0.1, 0.15) is 15.9 Å². The number of carbonyl (C=O) groups excluding carboxylic acids is 1. The Morgan fingerprint density at radius 3 is 2.76 bits per heavy atom. The van der Waals surface area contributed by atoms with Crippen LogP contribution in [-0.4, -0.2) is 5.91 Å². The summed E-state index contributed by atoms with van der Waals surface area (Å²) < 4.78 is 0.940. The van der Waals surface area contributed by atoms with Crippen LogP contribution >= 0.6 is 38.9 Å². The quantitative estimate of drug-likeness (QED) is 0.847. The number of nitrogens with one attached hydrogen (secondary N) is 1. The largest absolute Gasteiger partial charge is 0.322 e. The summed E-state index contributed by atoms with van der Waals surface area (Å²) in [5.74, 6) is -0.114. The number of amides is 1. The van der Waals surface area contributed by atoms with Crippen LogP contribution in [0.2, 0.25) is 5.02 Å². The SMILES string of the molecule is Cc1cc(Cl)ccc1NC(=O)c1csc(Br)c1. The van der Waals surface area contributed by atoms with E-state index < -0.39 is 0 Å². The molecule has 0 saturated heterocycles. The number of aryl methyl sites for hydroxylation is 1. The molecule has 1 aromatic heterocycles. The van der Waals surface area contributed by atoms with Crippen LogP contribution in [0, 0.1) is 6.92 Å². The molecule has 88 valence electrons. The van der Waals surface area contributed by atoms with Crippen molar-refractivity contribution < 1.29 is 4.79 Å². The molecule has 1 heterocycles. The molecule has 2 rings (SSSR count). The van der Waals surface area contributed by atoms with E-state index in [1.165, 1.54) is 11.3 Å². The normalized spacial score (nSPS) is 10.3. The summed E-state index contributed by atoms with van der Waals surface area (Å²) in [7, 11) is 0. The Labute approximate surface area is 117 Å². The predicted octanol–water partition coefficient (Wildman–Crippen LogP) is 4.72. The van der Waals surface area contributed by atoms with E-state index in [0.29, 0.717) is 10.6 Å². The van der Waals surface area contributed by atoms with E-state index in [2.05, 4.69) is 21.2 Å². The Kier molecular flexibility index (Phi) is 3.86. The molecule has 0 unspecified atom stereocenters. The van der Waals surface area contributed by atoms with Crippen molar-refractivity contribution in [1.29, 1.82) is 0 Å². The molecule has 2 nitrogen and oxygen atoms in total. The first-order valence-corrected chi connectivity index (χ1v) is 6.93. The highest BCUT2D eigenvalue weighted by atomic mass is 79.9. The Morgan fingerprint density at radius 2 is 2.18 bits per heavy atom. The number of anilines is 1. The summed E-state index contributed by atoms with van der Waals surface area (Å²) in [6.45, 7) is 1.91. The summed E-state index contributed by atoms with van der Waals surface area (Å²) in [6.07, 6.45) is 0. The molecule has 0 aliphatic rings. The number of benzene rings is 1. The van der Waals surface area contributed by atoms with Crippen molar-refractivity contribution in [3.05, 3.63) is 49.6 Å². The van der Waals surface area contributed by atoms with Gasteiger partial charge in [0.05, 0.1) is 9.35 Å². The van der Waals surface area contributed by atoms with Crippen molar-refractivity contribution in [2.24, 2.45) is 0 Å². The number of carbonyl (C=O) groups is 1. The molecule has 0 aliphatic heterocycles. The van der Waals surface area contributed by atoms with Crippen LogP contribution in [-0.2, 0) is 0 Å². The zero-order valence-electron chi connectivity index (χ0n) is 8.96. The third-order valence-corrected chi connectivity index (χ3v) is 4.01. The molecule has 1 aromatic carbocycles. The Bertz CT molecular complexity index is 567. The minimum absolute atomic E-state index is 0.114. The highest BCUT2D eigenvalue weighted by molar-refractivity contribution is 9.11. The van der Waals surface area contributed by atoms with Crippen LogP contribution in [0.25, 0.3) is 0 Å². The van der Waals surface area contributed by atoms with E-state index in [1.807, 2.05) is 18.4 Å². The average molecular weight is 331 g/mol. The number of hydrogen-bond donors (Lipinski definition) is 1. The lowest BCUT2D eigenvalue weighted by Crippen LogP contribution is -2.11. The van der Waals surface area contributed by atoms with Gasteiger partial charge in [0.25, 0.3) is 5.91 Å². The first-order chi connectivity index (χ1) is 8.06. The van der Waals surface area contributed by atoms with Crippen molar-refractivity contribution in [1.82, 2.24) is 0 Å². The van der Waals surface area contributed by atoms with Gasteiger partial charge in [0.2, 0.25) is 0 Å². The fourth-order valence-electron chi connectivity index (χ4n) is 1.39. The van der Waals surface area contributed by atoms with Gasteiger partial charge >= 0.3 is 0 Å². The van der Waals surface area contributed by atoms with Gasteiger partial charge in [-0.25, -0.2) is 0 Å². The Morgan fingerprint density at radius 1 is 1.41 bits per heavy atom. The highest BCUT2D eigenvalue weighted by Crippen LogP contribution is 2.23. The molecule has 5 heteroatoms. The lowest BCUT2D eigenvalue weighted by Gasteiger charge is -2.07. The van der Waals surface area contributed by atoms with E-state index in [-0.39, 0.29) is 5.91 Å². The van der Waals surface area contributed by atoms with Crippen LogP contribution < -0.4 is 5.32 Å². The summed E-state index contributed by atoms with van der Waals surface area (Å²) in [6, 6.07) is 7.18. The minimum Gasteiger partial charge on any atom is -0.322 e. The zero-order chi connectivity index (χ0) is 12.4. The molecule has 17 heavy (non-hydrogen) atoms. The predicted molar refractivity (Wildman–Crippen MR) is 76.2 cm³/mol. The van der Waals surface area contributed by atoms with E-state index in [9.17, 15) is 4.79 Å². The fraction of sp³-hybridized carbons (Fsp3) is 0.0833. The van der Waals surface area contributed by atoms with Crippen LogP contribution in [0.3, 0.4) is 0 Å². The standard InChI is InChI=1S/C12H9BrClNOS/c1-7-4-9(14)2-3-10(7)15-12(16)8-5-11(13)17-6-8/h2-6H,1H3,(H,15,16). The molecule has 2 aromatic rings. The maximum absolute atomic E-state index is 11.9. The van der Waals surface area contributed by atoms with Crippen molar-refractivity contribution >= 4 is 50.5 Å².